The summed E-state index contributed by atoms with van der Waals surface area (Å²) in [6.45, 7) is 1.12. The van der Waals surface area contributed by atoms with Crippen molar-refractivity contribution in [2.75, 3.05) is 13.2 Å². The van der Waals surface area contributed by atoms with Crippen molar-refractivity contribution in [3.05, 3.63) is 71.8 Å². The van der Waals surface area contributed by atoms with Gasteiger partial charge < -0.3 is 9.47 Å². The number of nitrogens with zero attached hydrogens (tertiary/aromatic N) is 1. The predicted octanol–water partition coefficient (Wildman–Crippen LogP) is 4.68. The van der Waals surface area contributed by atoms with Crippen molar-refractivity contribution >= 4 is 22.4 Å². The fourth-order valence-electron chi connectivity index (χ4n) is 2.85. The first kappa shape index (κ1) is 14.3. The second kappa shape index (κ2) is 6.10. The number of allylic oxidation sites excluding steroid dienone is 1. The molecule has 1 aliphatic rings. The largest absolute Gasteiger partial charge is 0.486 e. The van der Waals surface area contributed by atoms with Crippen LogP contribution in [0, 0.1) is 11.3 Å². The van der Waals surface area contributed by atoms with Crippen LogP contribution in [0.5, 0.6) is 11.5 Å². The fraction of sp³-hybridized carbons (Fsp3) is 0.0952. The summed E-state index contributed by atoms with van der Waals surface area (Å²) >= 11 is 0. The van der Waals surface area contributed by atoms with Gasteiger partial charge in [-0.1, -0.05) is 42.5 Å². The lowest BCUT2D eigenvalue weighted by atomic mass is 10.00. The second-order valence-corrected chi connectivity index (χ2v) is 5.63. The first-order valence-corrected chi connectivity index (χ1v) is 7.84. The molecule has 3 nitrogen and oxygen atoms in total. The van der Waals surface area contributed by atoms with Gasteiger partial charge in [0.15, 0.2) is 11.5 Å². The van der Waals surface area contributed by atoms with Gasteiger partial charge in [0.1, 0.15) is 13.2 Å². The number of nitriles is 1. The molecule has 24 heavy (non-hydrogen) atoms. The Balaban J connectivity index is 1.74. The maximum Gasteiger partial charge on any atom is 0.161 e. The molecule has 3 aromatic rings. The zero-order valence-corrected chi connectivity index (χ0v) is 13.0. The number of benzene rings is 3. The molecule has 0 fully saturated rings. The Kier molecular flexibility index (Phi) is 3.64. The lowest BCUT2D eigenvalue weighted by Gasteiger charge is -2.18. The van der Waals surface area contributed by atoms with Crippen LogP contribution in [0.1, 0.15) is 11.1 Å². The molecule has 0 atom stereocenters. The van der Waals surface area contributed by atoms with Gasteiger partial charge in [0.25, 0.3) is 0 Å². The summed E-state index contributed by atoms with van der Waals surface area (Å²) in [6.07, 6.45) is 1.88. The Hall–Kier alpha value is -3.25. The average Bonchev–Trinajstić information content (AvgIpc) is 2.65. The Labute approximate surface area is 140 Å². The highest BCUT2D eigenvalue weighted by atomic mass is 16.6. The van der Waals surface area contributed by atoms with E-state index in [9.17, 15) is 5.26 Å². The van der Waals surface area contributed by atoms with Gasteiger partial charge in [0.2, 0.25) is 0 Å². The standard InChI is InChI=1S/C21H15NO2/c22-14-19(18-7-6-16-3-1-2-4-17(16)13-18)11-15-5-8-20-21(12-15)24-10-9-23-20/h1-8,11-13H,9-10H2. The van der Waals surface area contributed by atoms with Gasteiger partial charge >= 0.3 is 0 Å². The molecular weight excluding hydrogens is 298 g/mol. The van der Waals surface area contributed by atoms with Gasteiger partial charge in [0.05, 0.1) is 11.6 Å². The van der Waals surface area contributed by atoms with Crippen molar-refractivity contribution in [3.8, 4) is 17.6 Å². The van der Waals surface area contributed by atoms with Gasteiger partial charge in [-0.05, 0) is 46.2 Å². The van der Waals surface area contributed by atoms with Gasteiger partial charge in [-0.3, -0.25) is 0 Å². The molecular formula is C21H15NO2. The van der Waals surface area contributed by atoms with Crippen LogP contribution in [0.4, 0.5) is 0 Å². The van der Waals surface area contributed by atoms with Crippen LogP contribution in [0.3, 0.4) is 0 Å². The number of ether oxygens (including phenoxy) is 2. The summed E-state index contributed by atoms with van der Waals surface area (Å²) in [5, 5.41) is 11.9. The molecule has 0 aromatic heterocycles. The summed E-state index contributed by atoms with van der Waals surface area (Å²) in [5.74, 6) is 1.48. The molecule has 1 heterocycles. The number of fused-ring (bicyclic) bond motifs is 2. The van der Waals surface area contributed by atoms with E-state index in [1.807, 2.05) is 54.6 Å². The molecule has 0 bridgehead atoms. The van der Waals surface area contributed by atoms with Gasteiger partial charge in [0, 0.05) is 0 Å². The molecule has 0 spiro atoms. The molecule has 0 aliphatic carbocycles. The molecule has 4 rings (SSSR count). The van der Waals surface area contributed by atoms with E-state index in [2.05, 4.69) is 18.2 Å². The van der Waals surface area contributed by atoms with Crippen LogP contribution in [-0.2, 0) is 0 Å². The second-order valence-electron chi connectivity index (χ2n) is 5.63. The molecule has 0 unspecified atom stereocenters. The summed E-state index contributed by atoms with van der Waals surface area (Å²) in [5.41, 5.74) is 2.45. The smallest absolute Gasteiger partial charge is 0.161 e. The third-order valence-electron chi connectivity index (χ3n) is 4.06. The predicted molar refractivity (Wildman–Crippen MR) is 94.9 cm³/mol. The normalized spacial score (nSPS) is 13.5. The Morgan fingerprint density at radius 3 is 2.50 bits per heavy atom. The maximum absolute atomic E-state index is 9.58. The van der Waals surface area contributed by atoms with Crippen molar-refractivity contribution in [2.45, 2.75) is 0 Å². The lowest BCUT2D eigenvalue weighted by molar-refractivity contribution is 0.171. The average molecular weight is 313 g/mol. The first-order chi connectivity index (χ1) is 11.8. The van der Waals surface area contributed by atoms with Crippen molar-refractivity contribution in [1.29, 1.82) is 5.26 Å². The van der Waals surface area contributed by atoms with E-state index in [1.54, 1.807) is 0 Å². The third kappa shape index (κ3) is 2.70. The molecule has 3 aromatic carbocycles. The minimum absolute atomic E-state index is 0.552. The molecule has 0 amide bonds. The van der Waals surface area contributed by atoms with Crippen molar-refractivity contribution in [2.24, 2.45) is 0 Å². The quantitative estimate of drug-likeness (QED) is 0.510. The maximum atomic E-state index is 9.58. The number of hydrogen-bond donors (Lipinski definition) is 0. The highest BCUT2D eigenvalue weighted by Crippen LogP contribution is 2.32. The molecule has 0 N–H and O–H groups in total. The van der Waals surface area contributed by atoms with Gasteiger partial charge in [-0.2, -0.15) is 5.26 Å². The van der Waals surface area contributed by atoms with E-state index >= 15 is 0 Å². The Morgan fingerprint density at radius 1 is 0.875 bits per heavy atom. The molecule has 3 heteroatoms. The minimum atomic E-state index is 0.552. The molecule has 1 aliphatic heterocycles. The van der Waals surface area contributed by atoms with Gasteiger partial charge in [-0.25, -0.2) is 0 Å². The highest BCUT2D eigenvalue weighted by Gasteiger charge is 2.11. The van der Waals surface area contributed by atoms with E-state index in [0.29, 0.717) is 18.8 Å². The van der Waals surface area contributed by atoms with E-state index < -0.39 is 0 Å². The van der Waals surface area contributed by atoms with E-state index in [4.69, 9.17) is 9.47 Å². The van der Waals surface area contributed by atoms with E-state index in [-0.39, 0.29) is 0 Å². The zero-order valence-electron chi connectivity index (χ0n) is 13.0. The molecule has 0 saturated heterocycles. The monoisotopic (exact) mass is 313 g/mol. The summed E-state index contributed by atoms with van der Waals surface area (Å²) in [7, 11) is 0. The zero-order chi connectivity index (χ0) is 16.4. The Bertz CT molecular complexity index is 983. The molecule has 0 radical (unpaired) electrons. The lowest BCUT2D eigenvalue weighted by Crippen LogP contribution is -2.15. The van der Waals surface area contributed by atoms with Crippen LogP contribution in [0.2, 0.25) is 0 Å². The number of rotatable bonds is 2. The number of hydrogen-bond acceptors (Lipinski definition) is 3. The van der Waals surface area contributed by atoms with Crippen LogP contribution in [0.15, 0.2) is 60.7 Å². The van der Waals surface area contributed by atoms with Crippen LogP contribution >= 0.6 is 0 Å². The van der Waals surface area contributed by atoms with Crippen molar-refractivity contribution in [3.63, 3.8) is 0 Å². The summed E-state index contributed by atoms with van der Waals surface area (Å²) in [4.78, 5) is 0. The SMILES string of the molecule is N#CC(=Cc1ccc2c(c1)OCCO2)c1ccc2ccccc2c1. The summed E-state index contributed by atoms with van der Waals surface area (Å²) in [6, 6.07) is 22.2. The van der Waals surface area contributed by atoms with Crippen LogP contribution in [0.25, 0.3) is 22.4 Å². The topological polar surface area (TPSA) is 42.2 Å². The highest BCUT2D eigenvalue weighted by molar-refractivity contribution is 5.94. The minimum Gasteiger partial charge on any atom is -0.486 e. The van der Waals surface area contributed by atoms with E-state index in [0.717, 1.165) is 33.4 Å². The first-order valence-electron chi connectivity index (χ1n) is 7.84. The van der Waals surface area contributed by atoms with Crippen LogP contribution in [-0.4, -0.2) is 13.2 Å². The van der Waals surface area contributed by atoms with Crippen molar-refractivity contribution in [1.82, 2.24) is 0 Å². The summed E-state index contributed by atoms with van der Waals surface area (Å²) < 4.78 is 11.1. The molecule has 116 valence electrons. The third-order valence-corrected chi connectivity index (χ3v) is 4.06. The van der Waals surface area contributed by atoms with Crippen LogP contribution < -0.4 is 9.47 Å². The van der Waals surface area contributed by atoms with E-state index in [1.165, 1.54) is 0 Å². The molecule has 0 saturated carbocycles. The van der Waals surface area contributed by atoms with Gasteiger partial charge in [-0.15, -0.1) is 0 Å². The Morgan fingerprint density at radius 2 is 1.67 bits per heavy atom. The van der Waals surface area contributed by atoms with Crippen molar-refractivity contribution < 1.29 is 9.47 Å². The fourth-order valence-corrected chi connectivity index (χ4v) is 2.85.